The molecule has 0 aromatic heterocycles. The van der Waals surface area contributed by atoms with Crippen LogP contribution in [-0.2, 0) is 0 Å². The third-order valence-electron chi connectivity index (χ3n) is 4.56. The Labute approximate surface area is 119 Å². The van der Waals surface area contributed by atoms with Crippen molar-refractivity contribution in [2.75, 3.05) is 0 Å². The van der Waals surface area contributed by atoms with E-state index in [1.165, 1.54) is 12.0 Å². The fraction of sp³-hybridized carbons (Fsp3) is 0.722. The number of allylic oxidation sites excluding steroid dienone is 3. The van der Waals surface area contributed by atoms with Gasteiger partial charge >= 0.3 is 0 Å². The van der Waals surface area contributed by atoms with Crippen molar-refractivity contribution in [3.8, 4) is 0 Å². The largest absolute Gasteiger partial charge is 0.268 e. The van der Waals surface area contributed by atoms with Crippen molar-refractivity contribution in [2.45, 2.75) is 61.8 Å². The molecule has 0 saturated carbocycles. The van der Waals surface area contributed by atoms with Gasteiger partial charge in [-0.1, -0.05) is 67.5 Å². The predicted molar refractivity (Wildman–Crippen MR) is 86.5 cm³/mol. The minimum absolute atomic E-state index is 0.0574. The number of nitrogens with zero attached hydrogens (tertiary/aromatic N) is 1. The van der Waals surface area contributed by atoms with Gasteiger partial charge < -0.3 is 0 Å². The van der Waals surface area contributed by atoms with Crippen LogP contribution in [0.25, 0.3) is 0 Å². The van der Waals surface area contributed by atoms with Crippen molar-refractivity contribution in [3.05, 3.63) is 23.9 Å². The monoisotopic (exact) mass is 261 g/mol. The molecule has 1 heteroatoms. The summed E-state index contributed by atoms with van der Waals surface area (Å²) in [6.45, 7) is 18.4. The molecule has 1 aliphatic rings. The molecule has 0 radical (unpaired) electrons. The first-order valence-electron chi connectivity index (χ1n) is 7.40. The third kappa shape index (κ3) is 4.33. The first-order valence-corrected chi connectivity index (χ1v) is 7.40. The molecule has 0 amide bonds. The van der Waals surface area contributed by atoms with Crippen LogP contribution in [-0.4, -0.2) is 6.21 Å². The predicted octanol–water partition coefficient (Wildman–Crippen LogP) is 5.64. The molecule has 1 rings (SSSR count). The lowest BCUT2D eigenvalue weighted by Crippen LogP contribution is -2.28. The van der Waals surface area contributed by atoms with Crippen LogP contribution >= 0.6 is 0 Å². The van der Waals surface area contributed by atoms with Crippen LogP contribution in [0, 0.1) is 22.2 Å². The Hall–Kier alpha value is -0.850. The van der Waals surface area contributed by atoms with Crippen LogP contribution in [0.1, 0.15) is 61.8 Å². The van der Waals surface area contributed by atoms with Gasteiger partial charge in [0.25, 0.3) is 0 Å². The van der Waals surface area contributed by atoms with E-state index < -0.39 is 0 Å². The maximum Gasteiger partial charge on any atom is 0.0301 e. The molecule has 1 aliphatic heterocycles. The standard InChI is InChI=1S/C18H31N/c1-14(2)17(5,6)12-18(7,8)15-9-10-16(3,4)13-19-11-15/h9-11,13-14H,12H2,1-8H3. The Morgan fingerprint density at radius 1 is 1.16 bits per heavy atom. The summed E-state index contributed by atoms with van der Waals surface area (Å²) in [5.74, 6) is 0.682. The molecule has 0 atom stereocenters. The molecule has 0 aliphatic carbocycles. The third-order valence-corrected chi connectivity index (χ3v) is 4.56. The SMILES string of the molecule is CC(C)C(C)(C)CC(C)(C)C1=CN=CC(C)(C)C=C1. The van der Waals surface area contributed by atoms with Gasteiger partial charge in [-0.05, 0) is 28.7 Å². The van der Waals surface area contributed by atoms with Gasteiger partial charge in [-0.15, -0.1) is 0 Å². The number of hydrogen-bond acceptors (Lipinski definition) is 1. The molecule has 0 spiro atoms. The molecule has 0 saturated heterocycles. The molecule has 0 bridgehead atoms. The van der Waals surface area contributed by atoms with Gasteiger partial charge in [-0.25, -0.2) is 0 Å². The van der Waals surface area contributed by atoms with Gasteiger partial charge in [0.2, 0.25) is 0 Å². The topological polar surface area (TPSA) is 12.4 Å². The Kier molecular flexibility index (Phi) is 4.49. The van der Waals surface area contributed by atoms with Crippen molar-refractivity contribution >= 4 is 6.21 Å². The summed E-state index contributed by atoms with van der Waals surface area (Å²) < 4.78 is 0. The second-order valence-corrected chi connectivity index (χ2v) is 8.22. The molecular weight excluding hydrogens is 230 g/mol. The van der Waals surface area contributed by atoms with E-state index in [4.69, 9.17) is 0 Å². The van der Waals surface area contributed by atoms with E-state index in [9.17, 15) is 0 Å². The van der Waals surface area contributed by atoms with E-state index in [1.807, 2.05) is 12.4 Å². The number of rotatable bonds is 4. The van der Waals surface area contributed by atoms with E-state index >= 15 is 0 Å². The smallest absolute Gasteiger partial charge is 0.0301 e. The van der Waals surface area contributed by atoms with Crippen molar-refractivity contribution < 1.29 is 0 Å². The van der Waals surface area contributed by atoms with E-state index in [2.05, 4.69) is 72.5 Å². The van der Waals surface area contributed by atoms with Crippen LogP contribution in [0.4, 0.5) is 0 Å². The van der Waals surface area contributed by atoms with Crippen LogP contribution < -0.4 is 0 Å². The molecule has 0 aromatic rings. The Balaban J connectivity index is 2.96. The van der Waals surface area contributed by atoms with Crippen LogP contribution in [0.2, 0.25) is 0 Å². The number of aliphatic imine (C=N–C) groups is 1. The first-order chi connectivity index (χ1) is 8.46. The van der Waals surface area contributed by atoms with Crippen LogP contribution in [0.3, 0.4) is 0 Å². The van der Waals surface area contributed by atoms with E-state index in [1.54, 1.807) is 0 Å². The Bertz CT molecular complexity index is 403. The lowest BCUT2D eigenvalue weighted by Gasteiger charge is -2.38. The summed E-state index contributed by atoms with van der Waals surface area (Å²) in [5, 5.41) is 0. The van der Waals surface area contributed by atoms with Crippen LogP contribution in [0.15, 0.2) is 28.9 Å². The number of hydrogen-bond donors (Lipinski definition) is 0. The lowest BCUT2D eigenvalue weighted by molar-refractivity contribution is 0.163. The van der Waals surface area contributed by atoms with Crippen LogP contribution in [0.5, 0.6) is 0 Å². The minimum Gasteiger partial charge on any atom is -0.268 e. The van der Waals surface area contributed by atoms with Gasteiger partial charge in [-0.2, -0.15) is 0 Å². The van der Waals surface area contributed by atoms with E-state index in [-0.39, 0.29) is 10.8 Å². The summed E-state index contributed by atoms with van der Waals surface area (Å²) in [6, 6.07) is 0. The van der Waals surface area contributed by atoms with Gasteiger partial charge in [0, 0.05) is 17.8 Å². The van der Waals surface area contributed by atoms with E-state index in [0.717, 1.165) is 0 Å². The van der Waals surface area contributed by atoms with Gasteiger partial charge in [0.1, 0.15) is 0 Å². The first kappa shape index (κ1) is 16.2. The second kappa shape index (κ2) is 5.26. The van der Waals surface area contributed by atoms with Crippen molar-refractivity contribution in [1.82, 2.24) is 0 Å². The highest BCUT2D eigenvalue weighted by molar-refractivity contribution is 5.69. The molecule has 1 nitrogen and oxygen atoms in total. The molecule has 1 heterocycles. The molecule has 108 valence electrons. The summed E-state index contributed by atoms with van der Waals surface area (Å²) in [4.78, 5) is 4.50. The molecule has 0 N–H and O–H groups in total. The highest BCUT2D eigenvalue weighted by Gasteiger charge is 2.33. The Morgan fingerprint density at radius 3 is 2.26 bits per heavy atom. The van der Waals surface area contributed by atoms with Gasteiger partial charge in [0.15, 0.2) is 0 Å². The highest BCUT2D eigenvalue weighted by atomic mass is 14.7. The zero-order chi connectivity index (χ0) is 14.9. The fourth-order valence-corrected chi connectivity index (χ4v) is 2.55. The molecule has 0 aromatic carbocycles. The maximum atomic E-state index is 4.50. The summed E-state index contributed by atoms with van der Waals surface area (Å²) >= 11 is 0. The zero-order valence-electron chi connectivity index (χ0n) is 14.0. The summed E-state index contributed by atoms with van der Waals surface area (Å²) in [6.07, 6.45) is 9.77. The van der Waals surface area contributed by atoms with Crippen molar-refractivity contribution in [1.29, 1.82) is 0 Å². The second-order valence-electron chi connectivity index (χ2n) is 8.22. The zero-order valence-corrected chi connectivity index (χ0v) is 14.0. The Morgan fingerprint density at radius 2 is 1.74 bits per heavy atom. The van der Waals surface area contributed by atoms with E-state index in [0.29, 0.717) is 11.3 Å². The van der Waals surface area contributed by atoms with Gasteiger partial charge in [-0.3, -0.25) is 4.99 Å². The quantitative estimate of drug-likeness (QED) is 0.621. The highest BCUT2D eigenvalue weighted by Crippen LogP contribution is 2.44. The fourth-order valence-electron chi connectivity index (χ4n) is 2.55. The average Bonchev–Trinajstić information content (AvgIpc) is 2.37. The normalized spacial score (nSPS) is 19.5. The average molecular weight is 261 g/mol. The molecule has 0 fully saturated rings. The molecular formula is C18H31N. The molecule has 0 unspecified atom stereocenters. The minimum atomic E-state index is 0.0574. The molecule has 19 heavy (non-hydrogen) atoms. The summed E-state index contributed by atoms with van der Waals surface area (Å²) in [7, 11) is 0. The maximum absolute atomic E-state index is 4.50. The van der Waals surface area contributed by atoms with Gasteiger partial charge in [0.05, 0.1) is 0 Å². The van der Waals surface area contributed by atoms with Crippen molar-refractivity contribution in [3.63, 3.8) is 0 Å². The van der Waals surface area contributed by atoms with Crippen molar-refractivity contribution in [2.24, 2.45) is 27.2 Å². The lowest BCUT2D eigenvalue weighted by atomic mass is 9.66. The summed E-state index contributed by atoms with van der Waals surface area (Å²) in [5.41, 5.74) is 1.89.